The fraction of sp³-hybridized carbons (Fsp3) is 0.294. The Morgan fingerprint density at radius 3 is 2.14 bits per heavy atom. The van der Waals surface area contributed by atoms with Crippen molar-refractivity contribution >= 4 is 9.84 Å². The molecule has 0 radical (unpaired) electrons. The molecule has 0 aliphatic heterocycles. The Morgan fingerprint density at radius 2 is 1.57 bits per heavy atom. The van der Waals surface area contributed by atoms with Crippen LogP contribution in [0.25, 0.3) is 0 Å². The first-order chi connectivity index (χ1) is 9.85. The van der Waals surface area contributed by atoms with E-state index in [0.717, 1.165) is 22.3 Å². The molecule has 2 N–H and O–H groups in total. The van der Waals surface area contributed by atoms with E-state index in [1.165, 1.54) is 0 Å². The van der Waals surface area contributed by atoms with Crippen molar-refractivity contribution in [3.05, 3.63) is 70.8 Å². The van der Waals surface area contributed by atoms with Crippen molar-refractivity contribution in [1.82, 2.24) is 0 Å². The second-order valence-electron chi connectivity index (χ2n) is 5.57. The topological polar surface area (TPSA) is 60.2 Å². The molecule has 21 heavy (non-hydrogen) atoms. The molecule has 0 heterocycles. The van der Waals surface area contributed by atoms with E-state index < -0.39 is 15.9 Å². The quantitative estimate of drug-likeness (QED) is 0.924. The Kier molecular flexibility index (Phi) is 4.80. The molecule has 2 rings (SSSR count). The summed E-state index contributed by atoms with van der Waals surface area (Å²) in [5, 5.41) is 0. The number of hydrogen-bond acceptors (Lipinski definition) is 3. The molecule has 0 saturated carbocycles. The van der Waals surface area contributed by atoms with Gasteiger partial charge in [-0.1, -0.05) is 59.7 Å². The van der Waals surface area contributed by atoms with Crippen molar-refractivity contribution < 1.29 is 8.42 Å². The molecule has 0 spiro atoms. The molecular formula is C17H21NO2S. The lowest BCUT2D eigenvalue weighted by atomic mass is 10.0. The Morgan fingerprint density at radius 1 is 1.00 bits per heavy atom. The molecule has 1 atom stereocenters. The minimum absolute atomic E-state index is 0.0341. The Hall–Kier alpha value is -1.65. The maximum Gasteiger partial charge on any atom is 0.156 e. The van der Waals surface area contributed by atoms with E-state index in [0.29, 0.717) is 0 Å². The standard InChI is InChI=1S/C17H21NO2S/c1-13-8-14(2)10-16(9-13)17(18)12-21(19,20)11-15-6-4-3-5-7-15/h3-10,17H,11-12,18H2,1-2H3. The van der Waals surface area contributed by atoms with E-state index in [1.807, 2.05) is 56.3 Å². The van der Waals surface area contributed by atoms with E-state index in [-0.39, 0.29) is 11.5 Å². The van der Waals surface area contributed by atoms with E-state index in [2.05, 4.69) is 6.07 Å². The van der Waals surface area contributed by atoms with Crippen LogP contribution in [0.5, 0.6) is 0 Å². The van der Waals surface area contributed by atoms with Gasteiger partial charge < -0.3 is 5.73 Å². The third-order valence-corrected chi connectivity index (χ3v) is 4.98. The Labute approximate surface area is 126 Å². The Balaban J connectivity index is 2.12. The average Bonchev–Trinajstić information content (AvgIpc) is 2.37. The summed E-state index contributed by atoms with van der Waals surface area (Å²) in [6, 6.07) is 14.7. The predicted molar refractivity (Wildman–Crippen MR) is 86.8 cm³/mol. The van der Waals surface area contributed by atoms with Gasteiger partial charge in [0.25, 0.3) is 0 Å². The fourth-order valence-corrected chi connectivity index (χ4v) is 4.04. The summed E-state index contributed by atoms with van der Waals surface area (Å²) in [5.74, 6) is -0.00285. The van der Waals surface area contributed by atoms with Gasteiger partial charge in [0.15, 0.2) is 9.84 Å². The van der Waals surface area contributed by atoms with Gasteiger partial charge in [0.2, 0.25) is 0 Å². The van der Waals surface area contributed by atoms with E-state index >= 15 is 0 Å². The molecule has 4 heteroatoms. The second-order valence-corrected chi connectivity index (χ2v) is 7.68. The van der Waals surface area contributed by atoms with Gasteiger partial charge in [0, 0.05) is 6.04 Å². The molecule has 0 saturated heterocycles. The molecule has 0 bridgehead atoms. The van der Waals surface area contributed by atoms with Gasteiger partial charge in [-0.25, -0.2) is 8.42 Å². The average molecular weight is 303 g/mol. The minimum atomic E-state index is -3.23. The van der Waals surface area contributed by atoms with Crippen molar-refractivity contribution in [3.8, 4) is 0 Å². The van der Waals surface area contributed by atoms with Crippen LogP contribution in [-0.4, -0.2) is 14.2 Å². The van der Waals surface area contributed by atoms with E-state index in [1.54, 1.807) is 0 Å². The monoisotopic (exact) mass is 303 g/mol. The molecular weight excluding hydrogens is 282 g/mol. The highest BCUT2D eigenvalue weighted by Crippen LogP contribution is 2.18. The maximum atomic E-state index is 12.3. The molecule has 2 aromatic carbocycles. The first-order valence-corrected chi connectivity index (χ1v) is 8.76. The maximum absolute atomic E-state index is 12.3. The van der Waals surface area contributed by atoms with Crippen LogP contribution in [0.4, 0.5) is 0 Å². The molecule has 1 unspecified atom stereocenters. The van der Waals surface area contributed by atoms with Crippen LogP contribution < -0.4 is 5.73 Å². The van der Waals surface area contributed by atoms with Gasteiger partial charge in [0.1, 0.15) is 0 Å². The van der Waals surface area contributed by atoms with Crippen molar-refractivity contribution in [1.29, 1.82) is 0 Å². The van der Waals surface area contributed by atoms with Gasteiger partial charge in [-0.2, -0.15) is 0 Å². The third-order valence-electron chi connectivity index (χ3n) is 3.34. The van der Waals surface area contributed by atoms with Gasteiger partial charge in [-0.3, -0.25) is 0 Å². The lowest BCUT2D eigenvalue weighted by Gasteiger charge is -2.14. The summed E-state index contributed by atoms with van der Waals surface area (Å²) >= 11 is 0. The second kappa shape index (κ2) is 6.41. The molecule has 3 nitrogen and oxygen atoms in total. The van der Waals surface area contributed by atoms with Crippen LogP contribution in [0.1, 0.15) is 28.3 Å². The number of hydrogen-bond donors (Lipinski definition) is 1. The van der Waals surface area contributed by atoms with E-state index in [4.69, 9.17) is 5.73 Å². The summed E-state index contributed by atoms with van der Waals surface area (Å²) in [5.41, 5.74) is 9.96. The summed E-state index contributed by atoms with van der Waals surface area (Å²) in [7, 11) is -3.23. The zero-order valence-electron chi connectivity index (χ0n) is 12.4. The molecule has 2 aromatic rings. The van der Waals surface area contributed by atoms with Gasteiger partial charge in [0.05, 0.1) is 11.5 Å². The van der Waals surface area contributed by atoms with E-state index in [9.17, 15) is 8.42 Å². The summed E-state index contributed by atoms with van der Waals surface area (Å²) in [4.78, 5) is 0. The molecule has 0 fully saturated rings. The molecule has 0 aliphatic carbocycles. The lowest BCUT2D eigenvalue weighted by molar-refractivity contribution is 0.588. The molecule has 0 amide bonds. The first-order valence-electron chi connectivity index (χ1n) is 6.94. The molecule has 112 valence electrons. The van der Waals surface area contributed by atoms with Crippen LogP contribution in [0, 0.1) is 13.8 Å². The zero-order valence-corrected chi connectivity index (χ0v) is 13.2. The fourth-order valence-electron chi connectivity index (χ4n) is 2.48. The predicted octanol–water partition coefficient (Wildman–Crippen LogP) is 2.92. The smallest absolute Gasteiger partial charge is 0.156 e. The number of rotatable bonds is 5. The van der Waals surface area contributed by atoms with Crippen LogP contribution >= 0.6 is 0 Å². The third kappa shape index (κ3) is 4.69. The van der Waals surface area contributed by atoms with Crippen molar-refractivity contribution in [3.63, 3.8) is 0 Å². The summed E-state index contributed by atoms with van der Waals surface area (Å²) in [6.07, 6.45) is 0. The highest BCUT2D eigenvalue weighted by molar-refractivity contribution is 7.90. The van der Waals surface area contributed by atoms with Crippen LogP contribution in [0.2, 0.25) is 0 Å². The van der Waals surface area contributed by atoms with Gasteiger partial charge in [-0.05, 0) is 25.0 Å². The number of nitrogens with two attached hydrogens (primary N) is 1. The number of aryl methyl sites for hydroxylation is 2. The highest BCUT2D eigenvalue weighted by atomic mass is 32.2. The van der Waals surface area contributed by atoms with Crippen LogP contribution in [0.15, 0.2) is 48.5 Å². The van der Waals surface area contributed by atoms with Crippen molar-refractivity contribution in [2.75, 3.05) is 5.75 Å². The summed E-state index contributed by atoms with van der Waals surface area (Å²) in [6.45, 7) is 3.98. The molecule has 0 aromatic heterocycles. The van der Waals surface area contributed by atoms with Crippen LogP contribution in [0.3, 0.4) is 0 Å². The Bertz CT molecular complexity index is 689. The SMILES string of the molecule is Cc1cc(C)cc(C(N)CS(=O)(=O)Cc2ccccc2)c1. The van der Waals surface area contributed by atoms with Crippen LogP contribution in [-0.2, 0) is 15.6 Å². The van der Waals surface area contributed by atoms with Crippen molar-refractivity contribution in [2.24, 2.45) is 5.73 Å². The largest absolute Gasteiger partial charge is 0.323 e. The van der Waals surface area contributed by atoms with Gasteiger partial charge in [-0.15, -0.1) is 0 Å². The summed E-state index contributed by atoms with van der Waals surface area (Å²) < 4.78 is 24.5. The number of sulfone groups is 1. The zero-order chi connectivity index (χ0) is 15.5. The highest BCUT2D eigenvalue weighted by Gasteiger charge is 2.18. The lowest BCUT2D eigenvalue weighted by Crippen LogP contribution is -2.23. The van der Waals surface area contributed by atoms with Gasteiger partial charge >= 0.3 is 0 Å². The normalized spacial score (nSPS) is 13.1. The number of benzene rings is 2. The first kappa shape index (κ1) is 15.7. The molecule has 0 aliphatic rings. The minimum Gasteiger partial charge on any atom is -0.323 e. The van der Waals surface area contributed by atoms with Crippen molar-refractivity contribution in [2.45, 2.75) is 25.6 Å².